The number of nitrogens with zero attached hydrogens (tertiary/aromatic N) is 4. The van der Waals surface area contributed by atoms with Gasteiger partial charge < -0.3 is 14.8 Å². The van der Waals surface area contributed by atoms with Crippen LogP contribution in [0.5, 0.6) is 0 Å². The largest absolute Gasteiger partial charge is 0.389 e. The number of aromatic amines is 1. The van der Waals surface area contributed by atoms with Crippen LogP contribution in [0.15, 0.2) is 18.6 Å². The number of nitrogens with one attached hydrogen (secondary N) is 1. The lowest BCUT2D eigenvalue weighted by atomic mass is 9.66. The van der Waals surface area contributed by atoms with Crippen molar-refractivity contribution in [3.8, 4) is 0 Å². The predicted molar refractivity (Wildman–Crippen MR) is 108 cm³/mol. The van der Waals surface area contributed by atoms with Crippen LogP contribution < -0.4 is 4.90 Å². The fourth-order valence-corrected chi connectivity index (χ4v) is 5.05. The normalized spacial score (nSPS) is 20.1. The van der Waals surface area contributed by atoms with Crippen molar-refractivity contribution in [1.29, 1.82) is 0 Å². The number of aromatic nitrogens is 3. The van der Waals surface area contributed by atoms with Crippen LogP contribution in [-0.4, -0.2) is 58.1 Å². The molecular weight excluding hydrogens is 395 g/mol. The van der Waals surface area contributed by atoms with Crippen molar-refractivity contribution in [2.45, 2.75) is 63.6 Å². The van der Waals surface area contributed by atoms with Crippen LogP contribution in [0.3, 0.4) is 0 Å². The lowest BCUT2D eigenvalue weighted by Gasteiger charge is -2.47. The van der Waals surface area contributed by atoms with Crippen LogP contribution >= 0.6 is 0 Å². The molecule has 30 heavy (non-hydrogen) atoms. The molecule has 1 N–H and O–H groups in total. The highest BCUT2D eigenvalue weighted by Gasteiger charge is 2.40. The Balaban J connectivity index is 1.31. The number of fused-ring (bicyclic) bond motifs is 1. The average molecular weight is 423 g/mol. The molecule has 1 amide bonds. The van der Waals surface area contributed by atoms with Crippen LogP contribution in [0.4, 0.5) is 19.0 Å². The molecule has 1 aliphatic carbocycles. The predicted octanol–water partition coefficient (Wildman–Crippen LogP) is 4.29. The first kappa shape index (κ1) is 20.9. The van der Waals surface area contributed by atoms with Gasteiger partial charge in [0.2, 0.25) is 5.91 Å². The summed E-state index contributed by atoms with van der Waals surface area (Å²) in [5, 5.41) is 1.02. The third kappa shape index (κ3) is 4.39. The minimum Gasteiger partial charge on any atom is -0.356 e. The number of carbonyl (C=O) groups excluding carboxylic acids is 1. The van der Waals surface area contributed by atoms with E-state index < -0.39 is 19.0 Å². The number of likely N-dealkylation sites (tertiary alicyclic amines) is 1. The van der Waals surface area contributed by atoms with E-state index in [9.17, 15) is 18.0 Å². The number of hydrogen-bond donors (Lipinski definition) is 1. The number of anilines is 1. The van der Waals surface area contributed by atoms with E-state index in [4.69, 9.17) is 0 Å². The maximum absolute atomic E-state index is 12.4. The van der Waals surface area contributed by atoms with E-state index in [0.29, 0.717) is 19.1 Å². The lowest BCUT2D eigenvalue weighted by molar-refractivity contribution is -0.150. The maximum atomic E-state index is 12.4. The fraction of sp³-hybridized carbons (Fsp3) is 0.667. The van der Waals surface area contributed by atoms with Gasteiger partial charge in [-0.05, 0) is 50.0 Å². The fourth-order valence-electron chi connectivity index (χ4n) is 5.05. The zero-order chi connectivity index (χ0) is 21.4. The van der Waals surface area contributed by atoms with E-state index in [2.05, 4.69) is 26.9 Å². The van der Waals surface area contributed by atoms with Gasteiger partial charge in [-0.25, -0.2) is 9.97 Å². The smallest absolute Gasteiger partial charge is 0.356 e. The second-order valence-corrected chi connectivity index (χ2v) is 8.78. The molecule has 0 aromatic carbocycles. The molecule has 1 saturated carbocycles. The number of piperidine rings is 1. The first-order valence-electron chi connectivity index (χ1n) is 10.6. The zero-order valence-electron chi connectivity index (χ0n) is 17.2. The average Bonchev–Trinajstić information content (AvgIpc) is 3.21. The number of H-pyrrole nitrogens is 1. The Morgan fingerprint density at radius 3 is 2.60 bits per heavy atom. The van der Waals surface area contributed by atoms with Crippen LogP contribution in [0.2, 0.25) is 0 Å². The van der Waals surface area contributed by atoms with Crippen LogP contribution in [0, 0.1) is 5.41 Å². The summed E-state index contributed by atoms with van der Waals surface area (Å²) >= 11 is 0. The molecule has 164 valence electrons. The van der Waals surface area contributed by atoms with E-state index in [1.165, 1.54) is 0 Å². The summed E-state index contributed by atoms with van der Waals surface area (Å²) in [4.78, 5) is 27.9. The third-order valence-corrected chi connectivity index (χ3v) is 7.03. The highest BCUT2D eigenvalue weighted by molar-refractivity contribution is 5.87. The molecule has 2 aromatic rings. The van der Waals surface area contributed by atoms with Crippen molar-refractivity contribution < 1.29 is 18.0 Å². The molecule has 1 saturated heterocycles. The molecular formula is C21H28F3N5O. The molecule has 2 aliphatic rings. The molecule has 1 spiro atoms. The Labute approximate surface area is 173 Å². The van der Waals surface area contributed by atoms with E-state index in [1.54, 1.807) is 11.2 Å². The number of rotatable bonds is 4. The van der Waals surface area contributed by atoms with Crippen LogP contribution in [0.25, 0.3) is 11.0 Å². The standard InChI is InChI=1S/C21H28F3N5O/c1-28(19-16-5-11-25-18(16)26-14-27-19)15-2-6-20(7-3-15)9-12-29(13-10-20)17(30)4-8-21(22,23)24/h5,11,14-15H,2-4,6-10,12-13H2,1H3,(H,25,26,27). The van der Waals surface area contributed by atoms with Gasteiger partial charge in [-0.1, -0.05) is 0 Å². The van der Waals surface area contributed by atoms with Gasteiger partial charge in [0.15, 0.2) is 0 Å². The number of alkyl halides is 3. The van der Waals surface area contributed by atoms with Gasteiger partial charge in [-0.15, -0.1) is 0 Å². The van der Waals surface area contributed by atoms with Crippen LogP contribution in [0.1, 0.15) is 51.4 Å². The zero-order valence-corrected chi connectivity index (χ0v) is 17.2. The van der Waals surface area contributed by atoms with E-state index >= 15 is 0 Å². The molecule has 9 heteroatoms. The number of hydrogen-bond acceptors (Lipinski definition) is 4. The minimum atomic E-state index is -4.27. The molecule has 0 atom stereocenters. The first-order chi connectivity index (χ1) is 14.3. The quantitative estimate of drug-likeness (QED) is 0.797. The summed E-state index contributed by atoms with van der Waals surface area (Å²) in [6, 6.07) is 2.40. The van der Waals surface area contributed by atoms with E-state index in [0.717, 1.165) is 55.4 Å². The summed E-state index contributed by atoms with van der Waals surface area (Å²) in [5.41, 5.74) is 1.05. The highest BCUT2D eigenvalue weighted by atomic mass is 19.4. The SMILES string of the molecule is CN(c1ncnc2[nH]ccc12)C1CCC2(CC1)CCN(C(=O)CCC(F)(F)F)CC2. The summed E-state index contributed by atoms with van der Waals surface area (Å²) < 4.78 is 37.1. The Kier molecular flexibility index (Phi) is 5.63. The molecule has 2 fully saturated rings. The van der Waals surface area contributed by atoms with Gasteiger partial charge >= 0.3 is 6.18 Å². The van der Waals surface area contributed by atoms with Crippen molar-refractivity contribution >= 4 is 22.8 Å². The summed E-state index contributed by atoms with van der Waals surface area (Å²) in [5.74, 6) is 0.571. The van der Waals surface area contributed by atoms with Crippen molar-refractivity contribution in [2.24, 2.45) is 5.41 Å². The van der Waals surface area contributed by atoms with Gasteiger partial charge in [0.05, 0.1) is 11.8 Å². The Hall–Kier alpha value is -2.32. The van der Waals surface area contributed by atoms with Crippen LogP contribution in [-0.2, 0) is 4.79 Å². The van der Waals surface area contributed by atoms with Gasteiger partial charge in [0.1, 0.15) is 17.8 Å². The van der Waals surface area contributed by atoms with E-state index in [1.807, 2.05) is 12.3 Å². The monoisotopic (exact) mass is 423 g/mol. The van der Waals surface area contributed by atoms with Crippen molar-refractivity contribution in [2.75, 3.05) is 25.0 Å². The lowest BCUT2D eigenvalue weighted by Crippen LogP contribution is -2.47. The summed E-state index contributed by atoms with van der Waals surface area (Å²) in [7, 11) is 2.08. The second kappa shape index (κ2) is 8.07. The molecule has 4 rings (SSSR count). The van der Waals surface area contributed by atoms with Gasteiger partial charge in [-0.3, -0.25) is 4.79 Å². The second-order valence-electron chi connectivity index (χ2n) is 8.78. The van der Waals surface area contributed by atoms with Crippen molar-refractivity contribution in [1.82, 2.24) is 19.9 Å². The van der Waals surface area contributed by atoms with E-state index in [-0.39, 0.29) is 11.3 Å². The topological polar surface area (TPSA) is 65.1 Å². The molecule has 2 aromatic heterocycles. The Morgan fingerprint density at radius 1 is 1.23 bits per heavy atom. The Bertz CT molecular complexity index is 878. The first-order valence-corrected chi connectivity index (χ1v) is 10.6. The number of halogens is 3. The Morgan fingerprint density at radius 2 is 1.93 bits per heavy atom. The molecule has 6 nitrogen and oxygen atoms in total. The molecule has 0 bridgehead atoms. The molecule has 0 unspecified atom stereocenters. The van der Waals surface area contributed by atoms with Gasteiger partial charge in [0.25, 0.3) is 0 Å². The van der Waals surface area contributed by atoms with Gasteiger partial charge in [0, 0.05) is 38.8 Å². The molecule has 0 radical (unpaired) electrons. The number of carbonyl (C=O) groups is 1. The molecule has 3 heterocycles. The third-order valence-electron chi connectivity index (χ3n) is 7.03. The summed E-state index contributed by atoms with van der Waals surface area (Å²) in [6.45, 7) is 1.15. The molecule has 1 aliphatic heterocycles. The van der Waals surface area contributed by atoms with Gasteiger partial charge in [-0.2, -0.15) is 13.2 Å². The van der Waals surface area contributed by atoms with Crippen molar-refractivity contribution in [3.63, 3.8) is 0 Å². The minimum absolute atomic E-state index is 0.216. The summed E-state index contributed by atoms with van der Waals surface area (Å²) in [6.07, 6.45) is 3.75. The van der Waals surface area contributed by atoms with Crippen molar-refractivity contribution in [3.05, 3.63) is 18.6 Å². The number of amides is 1. The highest BCUT2D eigenvalue weighted by Crippen LogP contribution is 2.46. The maximum Gasteiger partial charge on any atom is 0.389 e.